The van der Waals surface area contributed by atoms with Crippen LogP contribution < -0.4 is 0 Å². The van der Waals surface area contributed by atoms with Crippen molar-refractivity contribution in [2.45, 2.75) is 6.61 Å². The first kappa shape index (κ1) is 16.7. The van der Waals surface area contributed by atoms with Gasteiger partial charge in [-0.05, 0) is 35.9 Å². The van der Waals surface area contributed by atoms with Gasteiger partial charge >= 0.3 is 5.97 Å². The highest BCUT2D eigenvalue weighted by Crippen LogP contribution is 2.25. The second-order valence-corrected chi connectivity index (χ2v) is 5.52. The zero-order valence-electron chi connectivity index (χ0n) is 12.8. The summed E-state index contributed by atoms with van der Waals surface area (Å²) in [5.41, 5.74) is 1.41. The van der Waals surface area contributed by atoms with E-state index in [9.17, 15) is 14.9 Å². The lowest BCUT2D eigenvalue weighted by Gasteiger charge is -2.07. The van der Waals surface area contributed by atoms with Crippen molar-refractivity contribution in [2.75, 3.05) is 0 Å². The Balaban J connectivity index is 1.66. The van der Waals surface area contributed by atoms with Crippen LogP contribution in [0.15, 0.2) is 60.9 Å². The molecule has 0 aliphatic carbocycles. The van der Waals surface area contributed by atoms with Crippen LogP contribution in [0.1, 0.15) is 15.9 Å². The van der Waals surface area contributed by atoms with Gasteiger partial charge < -0.3 is 4.74 Å². The Morgan fingerprint density at radius 3 is 2.64 bits per heavy atom. The summed E-state index contributed by atoms with van der Waals surface area (Å²) >= 11 is 5.73. The van der Waals surface area contributed by atoms with Gasteiger partial charge in [-0.15, -0.1) is 0 Å². The third-order valence-corrected chi connectivity index (χ3v) is 3.77. The quantitative estimate of drug-likeness (QED) is 0.394. The van der Waals surface area contributed by atoms with E-state index < -0.39 is 10.9 Å². The Kier molecular flexibility index (Phi) is 4.76. The molecular formula is C17H12ClN3O4. The minimum absolute atomic E-state index is 0.0317. The first-order valence-electron chi connectivity index (χ1n) is 7.24. The molecule has 0 bridgehead atoms. The molecule has 0 unspecified atom stereocenters. The van der Waals surface area contributed by atoms with E-state index in [4.69, 9.17) is 16.3 Å². The highest BCUT2D eigenvalue weighted by atomic mass is 35.5. The summed E-state index contributed by atoms with van der Waals surface area (Å²) in [6, 6.07) is 12.9. The number of esters is 1. The minimum Gasteiger partial charge on any atom is -0.457 e. The Hall–Kier alpha value is -3.19. The summed E-state index contributed by atoms with van der Waals surface area (Å²) in [5.74, 6) is -0.657. The van der Waals surface area contributed by atoms with Gasteiger partial charge in [0, 0.05) is 18.5 Å². The number of hydrogen-bond donors (Lipinski definition) is 0. The van der Waals surface area contributed by atoms with Crippen LogP contribution in [0.4, 0.5) is 5.69 Å². The van der Waals surface area contributed by atoms with Gasteiger partial charge in [-0.3, -0.25) is 10.1 Å². The second kappa shape index (κ2) is 7.14. The Bertz CT molecular complexity index is 908. The molecule has 0 aliphatic heterocycles. The first-order valence-corrected chi connectivity index (χ1v) is 7.62. The molecule has 1 heterocycles. The maximum atomic E-state index is 12.1. The van der Waals surface area contributed by atoms with E-state index >= 15 is 0 Å². The highest BCUT2D eigenvalue weighted by Gasteiger charge is 2.17. The predicted molar refractivity (Wildman–Crippen MR) is 90.8 cm³/mol. The average Bonchev–Trinajstić information content (AvgIpc) is 3.15. The van der Waals surface area contributed by atoms with Crippen molar-refractivity contribution in [3.05, 3.63) is 87.2 Å². The van der Waals surface area contributed by atoms with Crippen LogP contribution in [-0.4, -0.2) is 20.7 Å². The number of rotatable bonds is 5. The molecule has 0 aliphatic rings. The van der Waals surface area contributed by atoms with Gasteiger partial charge in [0.05, 0.1) is 16.2 Å². The van der Waals surface area contributed by atoms with Gasteiger partial charge in [-0.25, -0.2) is 9.48 Å². The number of halogens is 1. The molecule has 0 amide bonds. The molecule has 2 aromatic carbocycles. The third-order valence-electron chi connectivity index (χ3n) is 3.45. The number of ether oxygens (including phenoxy) is 1. The van der Waals surface area contributed by atoms with Crippen LogP contribution in [0.25, 0.3) is 5.69 Å². The summed E-state index contributed by atoms with van der Waals surface area (Å²) < 4.78 is 6.90. The maximum absolute atomic E-state index is 12.1. The SMILES string of the molecule is O=C(OCc1ccc(-n2cccn2)cc1)c1ccc(Cl)c([N+](=O)[O-])c1. The molecule has 1 aromatic heterocycles. The van der Waals surface area contributed by atoms with Crippen LogP contribution in [0.2, 0.25) is 5.02 Å². The number of nitrogens with zero attached hydrogens (tertiary/aromatic N) is 3. The minimum atomic E-state index is -0.657. The zero-order valence-corrected chi connectivity index (χ0v) is 13.6. The molecule has 8 heteroatoms. The summed E-state index contributed by atoms with van der Waals surface area (Å²) in [6.07, 6.45) is 3.50. The lowest BCUT2D eigenvalue weighted by atomic mass is 10.2. The molecule has 0 atom stereocenters. The molecular weight excluding hydrogens is 346 g/mol. The van der Waals surface area contributed by atoms with E-state index in [-0.39, 0.29) is 22.9 Å². The fraction of sp³-hybridized carbons (Fsp3) is 0.0588. The monoisotopic (exact) mass is 357 g/mol. The number of nitro groups is 1. The van der Waals surface area contributed by atoms with Crippen LogP contribution in [0, 0.1) is 10.1 Å². The lowest BCUT2D eigenvalue weighted by molar-refractivity contribution is -0.384. The maximum Gasteiger partial charge on any atom is 0.338 e. The van der Waals surface area contributed by atoms with E-state index in [0.29, 0.717) is 0 Å². The molecule has 0 fully saturated rings. The molecule has 3 aromatic rings. The fourth-order valence-corrected chi connectivity index (χ4v) is 2.36. The van der Waals surface area contributed by atoms with E-state index in [0.717, 1.165) is 17.3 Å². The van der Waals surface area contributed by atoms with Crippen molar-refractivity contribution < 1.29 is 14.5 Å². The normalized spacial score (nSPS) is 10.4. The fourth-order valence-electron chi connectivity index (χ4n) is 2.18. The lowest BCUT2D eigenvalue weighted by Crippen LogP contribution is -2.06. The molecule has 0 N–H and O–H groups in total. The third kappa shape index (κ3) is 3.84. The smallest absolute Gasteiger partial charge is 0.338 e. The van der Waals surface area contributed by atoms with Gasteiger partial charge in [0.25, 0.3) is 5.69 Å². The van der Waals surface area contributed by atoms with Crippen LogP contribution >= 0.6 is 11.6 Å². The number of carbonyl (C=O) groups is 1. The summed E-state index contributed by atoms with van der Waals surface area (Å²) in [5, 5.41) is 15.0. The molecule has 3 rings (SSSR count). The van der Waals surface area contributed by atoms with Gasteiger partial charge in [0.15, 0.2) is 0 Å². The Labute approximate surface area is 147 Å². The van der Waals surface area contributed by atoms with Gasteiger partial charge in [-0.2, -0.15) is 5.10 Å². The summed E-state index contributed by atoms with van der Waals surface area (Å²) in [4.78, 5) is 22.3. The molecule has 7 nitrogen and oxygen atoms in total. The Morgan fingerprint density at radius 1 is 1.24 bits per heavy atom. The Morgan fingerprint density at radius 2 is 2.00 bits per heavy atom. The summed E-state index contributed by atoms with van der Waals surface area (Å²) in [6.45, 7) is 0.0502. The topological polar surface area (TPSA) is 87.3 Å². The number of carbonyl (C=O) groups excluding carboxylic acids is 1. The van der Waals surface area contributed by atoms with Gasteiger partial charge in [0.2, 0.25) is 0 Å². The van der Waals surface area contributed by atoms with Crippen LogP contribution in [0.5, 0.6) is 0 Å². The first-order chi connectivity index (χ1) is 12.0. The number of hydrogen-bond acceptors (Lipinski definition) is 5. The molecule has 126 valence electrons. The standard InChI is InChI=1S/C17H12ClN3O4/c18-15-7-4-13(10-16(15)21(23)24)17(22)25-11-12-2-5-14(6-3-12)20-9-1-8-19-20/h1-10H,11H2. The summed E-state index contributed by atoms with van der Waals surface area (Å²) in [7, 11) is 0. The van der Waals surface area contributed by atoms with E-state index in [1.54, 1.807) is 10.9 Å². The number of nitro benzene ring substituents is 1. The number of aromatic nitrogens is 2. The average molecular weight is 358 g/mol. The number of benzene rings is 2. The molecule has 0 saturated heterocycles. The zero-order chi connectivity index (χ0) is 17.8. The van der Waals surface area contributed by atoms with Crippen molar-refractivity contribution in [3.8, 4) is 5.69 Å². The predicted octanol–water partition coefficient (Wildman–Crippen LogP) is 3.79. The van der Waals surface area contributed by atoms with Crippen molar-refractivity contribution >= 4 is 23.3 Å². The molecule has 0 radical (unpaired) electrons. The van der Waals surface area contributed by atoms with E-state index in [2.05, 4.69) is 5.10 Å². The molecule has 25 heavy (non-hydrogen) atoms. The second-order valence-electron chi connectivity index (χ2n) is 5.12. The van der Waals surface area contributed by atoms with Gasteiger partial charge in [0.1, 0.15) is 11.6 Å². The molecule has 0 saturated carbocycles. The van der Waals surface area contributed by atoms with Crippen molar-refractivity contribution in [1.29, 1.82) is 0 Å². The van der Waals surface area contributed by atoms with Crippen LogP contribution in [0.3, 0.4) is 0 Å². The van der Waals surface area contributed by atoms with Crippen molar-refractivity contribution in [2.24, 2.45) is 0 Å². The van der Waals surface area contributed by atoms with Crippen molar-refractivity contribution in [3.63, 3.8) is 0 Å². The van der Waals surface area contributed by atoms with E-state index in [1.165, 1.54) is 12.1 Å². The van der Waals surface area contributed by atoms with Gasteiger partial charge in [-0.1, -0.05) is 23.7 Å². The van der Waals surface area contributed by atoms with Crippen LogP contribution in [-0.2, 0) is 11.3 Å². The van der Waals surface area contributed by atoms with Crippen molar-refractivity contribution in [1.82, 2.24) is 9.78 Å². The molecule has 0 spiro atoms. The largest absolute Gasteiger partial charge is 0.457 e. The highest BCUT2D eigenvalue weighted by molar-refractivity contribution is 6.32. The van der Waals surface area contributed by atoms with E-state index in [1.807, 2.05) is 36.5 Å².